The Morgan fingerprint density at radius 3 is 3.00 bits per heavy atom. The standard InChI is InChI=1S/C14H21N3OS/c1-3-12-9-17(6-7-19-12)14(18)13-5-4-11(16-15)8-10(13)2/h4-5,8,12,16H,3,6-7,9,15H2,1-2H3. The molecule has 1 amide bonds. The number of thioether (sulfide) groups is 1. The van der Waals surface area contributed by atoms with E-state index in [-0.39, 0.29) is 5.91 Å². The lowest BCUT2D eigenvalue weighted by Crippen LogP contribution is -2.42. The number of rotatable bonds is 3. The molecule has 5 heteroatoms. The van der Waals surface area contributed by atoms with Gasteiger partial charge in [0.15, 0.2) is 0 Å². The normalized spacial score (nSPS) is 19.3. The molecule has 104 valence electrons. The van der Waals surface area contributed by atoms with Crippen molar-refractivity contribution < 1.29 is 4.79 Å². The summed E-state index contributed by atoms with van der Waals surface area (Å²) in [5.41, 5.74) is 5.17. The SMILES string of the molecule is CCC1CN(C(=O)c2ccc(NN)cc2C)CCS1. The lowest BCUT2D eigenvalue weighted by Gasteiger charge is -2.32. The van der Waals surface area contributed by atoms with E-state index in [4.69, 9.17) is 5.84 Å². The fourth-order valence-electron chi connectivity index (χ4n) is 2.31. The smallest absolute Gasteiger partial charge is 0.254 e. The third-order valence-electron chi connectivity index (χ3n) is 3.50. The summed E-state index contributed by atoms with van der Waals surface area (Å²) in [6.07, 6.45) is 1.11. The van der Waals surface area contributed by atoms with E-state index in [1.165, 1.54) is 0 Å². The first-order valence-corrected chi connectivity index (χ1v) is 7.68. The first kappa shape index (κ1) is 14.2. The largest absolute Gasteiger partial charge is 0.337 e. The second kappa shape index (κ2) is 6.30. The van der Waals surface area contributed by atoms with Crippen LogP contribution in [0.1, 0.15) is 29.3 Å². The number of benzene rings is 1. The third-order valence-corrected chi connectivity index (χ3v) is 4.88. The third kappa shape index (κ3) is 3.22. The predicted molar refractivity (Wildman–Crippen MR) is 81.4 cm³/mol. The molecular formula is C14H21N3OS. The number of nitrogens with one attached hydrogen (secondary N) is 1. The van der Waals surface area contributed by atoms with Crippen LogP contribution in [-0.4, -0.2) is 34.9 Å². The van der Waals surface area contributed by atoms with Gasteiger partial charge in [-0.2, -0.15) is 11.8 Å². The van der Waals surface area contributed by atoms with Crippen LogP contribution in [0.5, 0.6) is 0 Å². The van der Waals surface area contributed by atoms with Crippen LogP contribution in [0.25, 0.3) is 0 Å². The van der Waals surface area contributed by atoms with Crippen molar-refractivity contribution in [3.63, 3.8) is 0 Å². The zero-order valence-electron chi connectivity index (χ0n) is 11.5. The number of carbonyl (C=O) groups is 1. The summed E-state index contributed by atoms with van der Waals surface area (Å²) in [6, 6.07) is 5.61. The molecule has 3 N–H and O–H groups in total. The molecule has 19 heavy (non-hydrogen) atoms. The predicted octanol–water partition coefficient (Wildman–Crippen LogP) is 2.25. The monoisotopic (exact) mass is 279 g/mol. The molecule has 1 unspecified atom stereocenters. The fraction of sp³-hybridized carbons (Fsp3) is 0.500. The van der Waals surface area contributed by atoms with Gasteiger partial charge in [-0.1, -0.05) is 6.92 Å². The zero-order chi connectivity index (χ0) is 13.8. The van der Waals surface area contributed by atoms with E-state index in [9.17, 15) is 4.79 Å². The Kier molecular flexibility index (Phi) is 4.71. The zero-order valence-corrected chi connectivity index (χ0v) is 12.3. The summed E-state index contributed by atoms with van der Waals surface area (Å²) in [4.78, 5) is 14.5. The average molecular weight is 279 g/mol. The number of aryl methyl sites for hydroxylation is 1. The Hall–Kier alpha value is -1.20. The average Bonchev–Trinajstić information content (AvgIpc) is 2.46. The van der Waals surface area contributed by atoms with Crippen molar-refractivity contribution in [1.29, 1.82) is 0 Å². The van der Waals surface area contributed by atoms with Crippen molar-refractivity contribution in [3.05, 3.63) is 29.3 Å². The van der Waals surface area contributed by atoms with Gasteiger partial charge in [0, 0.05) is 35.3 Å². The van der Waals surface area contributed by atoms with Gasteiger partial charge < -0.3 is 10.3 Å². The Labute approximate surface area is 118 Å². The highest BCUT2D eigenvalue weighted by molar-refractivity contribution is 8.00. The van der Waals surface area contributed by atoms with E-state index < -0.39 is 0 Å². The van der Waals surface area contributed by atoms with Crippen LogP contribution >= 0.6 is 11.8 Å². The van der Waals surface area contributed by atoms with Crippen LogP contribution in [0, 0.1) is 6.92 Å². The molecular weight excluding hydrogens is 258 g/mol. The number of hydrogen-bond donors (Lipinski definition) is 2. The van der Waals surface area contributed by atoms with E-state index >= 15 is 0 Å². The number of carbonyl (C=O) groups excluding carboxylic acids is 1. The maximum absolute atomic E-state index is 12.5. The molecule has 0 spiro atoms. The van der Waals surface area contributed by atoms with Crippen molar-refractivity contribution in [2.75, 3.05) is 24.3 Å². The molecule has 2 rings (SSSR count). The van der Waals surface area contributed by atoms with Crippen LogP contribution in [-0.2, 0) is 0 Å². The quantitative estimate of drug-likeness (QED) is 0.658. The highest BCUT2D eigenvalue weighted by Gasteiger charge is 2.24. The number of nitrogen functional groups attached to an aromatic ring is 1. The number of amides is 1. The number of hydrazine groups is 1. The summed E-state index contributed by atoms with van der Waals surface area (Å²) in [7, 11) is 0. The van der Waals surface area contributed by atoms with Crippen LogP contribution in [0.3, 0.4) is 0 Å². The van der Waals surface area contributed by atoms with E-state index in [1.54, 1.807) is 0 Å². The van der Waals surface area contributed by atoms with Gasteiger partial charge in [-0.15, -0.1) is 0 Å². The molecule has 1 saturated heterocycles. The number of hydrogen-bond acceptors (Lipinski definition) is 4. The summed E-state index contributed by atoms with van der Waals surface area (Å²) >= 11 is 1.97. The first-order chi connectivity index (χ1) is 9.15. The molecule has 1 heterocycles. The van der Waals surface area contributed by atoms with Crippen LogP contribution in [0.15, 0.2) is 18.2 Å². The minimum absolute atomic E-state index is 0.139. The number of nitrogens with two attached hydrogens (primary N) is 1. The van der Waals surface area contributed by atoms with Gasteiger partial charge in [0.2, 0.25) is 0 Å². The minimum Gasteiger partial charge on any atom is -0.337 e. The summed E-state index contributed by atoms with van der Waals surface area (Å²) in [6.45, 7) is 5.83. The van der Waals surface area contributed by atoms with Crippen molar-refractivity contribution in [3.8, 4) is 0 Å². The summed E-state index contributed by atoms with van der Waals surface area (Å²) < 4.78 is 0. The molecule has 1 aliphatic rings. The Bertz CT molecular complexity index is 464. The number of nitrogens with zero attached hydrogens (tertiary/aromatic N) is 1. The van der Waals surface area contributed by atoms with Gasteiger partial charge >= 0.3 is 0 Å². The highest BCUT2D eigenvalue weighted by Crippen LogP contribution is 2.23. The molecule has 0 aromatic heterocycles. The van der Waals surface area contributed by atoms with Crippen LogP contribution < -0.4 is 11.3 Å². The lowest BCUT2D eigenvalue weighted by atomic mass is 10.1. The van der Waals surface area contributed by atoms with E-state index in [2.05, 4.69) is 12.3 Å². The molecule has 0 aliphatic carbocycles. The Morgan fingerprint density at radius 1 is 1.58 bits per heavy atom. The van der Waals surface area contributed by atoms with Crippen molar-refractivity contribution in [2.45, 2.75) is 25.5 Å². The highest BCUT2D eigenvalue weighted by atomic mass is 32.2. The molecule has 1 aliphatic heterocycles. The van der Waals surface area contributed by atoms with Gasteiger partial charge in [0.25, 0.3) is 5.91 Å². The lowest BCUT2D eigenvalue weighted by molar-refractivity contribution is 0.0760. The van der Waals surface area contributed by atoms with Crippen molar-refractivity contribution >= 4 is 23.4 Å². The second-order valence-corrected chi connectivity index (χ2v) is 6.23. The van der Waals surface area contributed by atoms with E-state index in [0.717, 1.165) is 42.1 Å². The van der Waals surface area contributed by atoms with Gasteiger partial charge in [-0.05, 0) is 37.1 Å². The molecule has 1 aromatic rings. The van der Waals surface area contributed by atoms with Crippen molar-refractivity contribution in [2.24, 2.45) is 5.84 Å². The molecule has 1 atom stereocenters. The van der Waals surface area contributed by atoms with E-state index in [1.807, 2.05) is 41.8 Å². The van der Waals surface area contributed by atoms with Crippen LogP contribution in [0.4, 0.5) is 5.69 Å². The second-order valence-electron chi connectivity index (χ2n) is 4.83. The maximum atomic E-state index is 12.5. The van der Waals surface area contributed by atoms with E-state index in [0.29, 0.717) is 5.25 Å². The first-order valence-electron chi connectivity index (χ1n) is 6.63. The van der Waals surface area contributed by atoms with Gasteiger partial charge in [0.05, 0.1) is 0 Å². The Morgan fingerprint density at radius 2 is 2.37 bits per heavy atom. The van der Waals surface area contributed by atoms with Gasteiger partial charge in [-0.3, -0.25) is 10.6 Å². The molecule has 1 fully saturated rings. The molecule has 0 radical (unpaired) electrons. The van der Waals surface area contributed by atoms with Crippen molar-refractivity contribution in [1.82, 2.24) is 4.90 Å². The maximum Gasteiger partial charge on any atom is 0.254 e. The molecule has 4 nitrogen and oxygen atoms in total. The Balaban J connectivity index is 2.15. The molecule has 0 bridgehead atoms. The fourth-order valence-corrected chi connectivity index (χ4v) is 3.49. The minimum atomic E-state index is 0.139. The summed E-state index contributed by atoms with van der Waals surface area (Å²) in [5, 5.41) is 0.572. The number of anilines is 1. The molecule has 0 saturated carbocycles. The molecule has 1 aromatic carbocycles. The van der Waals surface area contributed by atoms with Gasteiger partial charge in [0.1, 0.15) is 0 Å². The summed E-state index contributed by atoms with van der Waals surface area (Å²) in [5.74, 6) is 6.55. The van der Waals surface area contributed by atoms with Crippen LogP contribution in [0.2, 0.25) is 0 Å². The topological polar surface area (TPSA) is 58.4 Å². The van der Waals surface area contributed by atoms with Gasteiger partial charge in [-0.25, -0.2) is 0 Å².